The summed E-state index contributed by atoms with van der Waals surface area (Å²) in [4.78, 5) is 11.0. The summed E-state index contributed by atoms with van der Waals surface area (Å²) in [6.45, 7) is 0.240. The highest BCUT2D eigenvalue weighted by molar-refractivity contribution is 9.10. The fourth-order valence-electron chi connectivity index (χ4n) is 2.10. The van der Waals surface area contributed by atoms with Crippen molar-refractivity contribution in [2.24, 2.45) is 5.92 Å². The third-order valence-corrected chi connectivity index (χ3v) is 5.74. The molecule has 1 aliphatic heterocycles. The number of carboxylic acids is 1. The molecule has 1 aromatic rings. The zero-order valence-electron chi connectivity index (χ0n) is 10.7. The van der Waals surface area contributed by atoms with Crippen molar-refractivity contribution in [3.63, 3.8) is 0 Å². The van der Waals surface area contributed by atoms with Gasteiger partial charge in [-0.05, 0) is 40.5 Å². The SMILES string of the molecule is COc1ccc(S(=O)(=O)N2CC[C@@H](C(=O)O)C2)cc1Br. The summed E-state index contributed by atoms with van der Waals surface area (Å²) in [6, 6.07) is 4.47. The van der Waals surface area contributed by atoms with Crippen molar-refractivity contribution >= 4 is 31.9 Å². The summed E-state index contributed by atoms with van der Waals surface area (Å²) in [5.74, 6) is -1.06. The first-order valence-corrected chi connectivity index (χ1v) is 8.16. The van der Waals surface area contributed by atoms with Crippen LogP contribution in [-0.2, 0) is 14.8 Å². The fraction of sp³-hybridized carbons (Fsp3) is 0.417. The number of carbonyl (C=O) groups is 1. The van der Waals surface area contributed by atoms with Gasteiger partial charge in [0.2, 0.25) is 10.0 Å². The van der Waals surface area contributed by atoms with E-state index in [1.165, 1.54) is 23.5 Å². The smallest absolute Gasteiger partial charge is 0.307 e. The van der Waals surface area contributed by atoms with Gasteiger partial charge in [0.25, 0.3) is 0 Å². The van der Waals surface area contributed by atoms with Crippen molar-refractivity contribution in [2.75, 3.05) is 20.2 Å². The normalized spacial score (nSPS) is 20.0. The molecule has 2 rings (SSSR count). The largest absolute Gasteiger partial charge is 0.496 e. The van der Waals surface area contributed by atoms with Gasteiger partial charge in [0.15, 0.2) is 0 Å². The lowest BCUT2D eigenvalue weighted by molar-refractivity contribution is -0.141. The van der Waals surface area contributed by atoms with Crippen LogP contribution < -0.4 is 4.74 Å². The van der Waals surface area contributed by atoms with Crippen LogP contribution in [0.5, 0.6) is 5.75 Å². The predicted octanol–water partition coefficient (Wildman–Crippen LogP) is 1.55. The Morgan fingerprint density at radius 2 is 2.20 bits per heavy atom. The van der Waals surface area contributed by atoms with E-state index in [9.17, 15) is 13.2 Å². The first-order valence-electron chi connectivity index (χ1n) is 5.92. The van der Waals surface area contributed by atoms with Gasteiger partial charge in [0.05, 0.1) is 22.4 Å². The minimum atomic E-state index is -3.67. The molecule has 6 nitrogen and oxygen atoms in total. The molecular weight excluding hydrogens is 350 g/mol. The molecule has 0 amide bonds. The van der Waals surface area contributed by atoms with E-state index in [1.807, 2.05) is 0 Å². The van der Waals surface area contributed by atoms with Gasteiger partial charge in [-0.1, -0.05) is 0 Å². The number of halogens is 1. The maximum atomic E-state index is 12.4. The Morgan fingerprint density at radius 3 is 2.70 bits per heavy atom. The number of hydrogen-bond acceptors (Lipinski definition) is 4. The molecule has 0 unspecified atom stereocenters. The lowest BCUT2D eigenvalue weighted by atomic mass is 10.1. The standard InChI is InChI=1S/C12H14BrNO5S/c1-19-11-3-2-9(6-10(11)13)20(17,18)14-5-4-8(7-14)12(15)16/h2-3,6,8H,4-5,7H2,1H3,(H,15,16)/t8-/m1/s1. The van der Waals surface area contributed by atoms with Gasteiger partial charge >= 0.3 is 5.97 Å². The molecule has 110 valence electrons. The number of hydrogen-bond donors (Lipinski definition) is 1. The highest BCUT2D eigenvalue weighted by atomic mass is 79.9. The van der Waals surface area contributed by atoms with Gasteiger partial charge in [-0.2, -0.15) is 4.31 Å². The van der Waals surface area contributed by atoms with E-state index in [0.29, 0.717) is 16.6 Å². The topological polar surface area (TPSA) is 83.9 Å². The Hall–Kier alpha value is -1.12. The van der Waals surface area contributed by atoms with E-state index < -0.39 is 21.9 Å². The molecule has 0 aliphatic carbocycles. The second-order valence-corrected chi connectivity index (χ2v) is 7.28. The van der Waals surface area contributed by atoms with Crippen molar-refractivity contribution in [1.82, 2.24) is 4.31 Å². The predicted molar refractivity (Wildman–Crippen MR) is 75.2 cm³/mol. The highest BCUT2D eigenvalue weighted by Gasteiger charge is 2.35. The van der Waals surface area contributed by atoms with E-state index >= 15 is 0 Å². The maximum absolute atomic E-state index is 12.4. The number of aliphatic carboxylic acids is 1. The van der Waals surface area contributed by atoms with Gasteiger partial charge < -0.3 is 9.84 Å². The molecule has 8 heteroatoms. The lowest BCUT2D eigenvalue weighted by Gasteiger charge is -2.16. The minimum absolute atomic E-state index is 0.0152. The van der Waals surface area contributed by atoms with E-state index in [0.717, 1.165) is 0 Å². The molecule has 1 aromatic carbocycles. The third-order valence-electron chi connectivity index (χ3n) is 3.26. The van der Waals surface area contributed by atoms with E-state index in [2.05, 4.69) is 15.9 Å². The van der Waals surface area contributed by atoms with Crippen molar-refractivity contribution in [3.05, 3.63) is 22.7 Å². The average molecular weight is 364 g/mol. The summed E-state index contributed by atoms with van der Waals surface area (Å²) >= 11 is 3.24. The number of sulfonamides is 1. The minimum Gasteiger partial charge on any atom is -0.496 e. The van der Waals surface area contributed by atoms with Crippen LogP contribution in [-0.4, -0.2) is 44.0 Å². The number of nitrogens with zero attached hydrogens (tertiary/aromatic N) is 1. The third kappa shape index (κ3) is 2.82. The molecule has 1 atom stereocenters. The van der Waals surface area contributed by atoms with Gasteiger partial charge in [0.1, 0.15) is 5.75 Å². The van der Waals surface area contributed by atoms with E-state index in [4.69, 9.17) is 9.84 Å². The van der Waals surface area contributed by atoms with Gasteiger partial charge in [0, 0.05) is 13.1 Å². The molecule has 1 N–H and O–H groups in total. The van der Waals surface area contributed by atoms with Crippen LogP contribution in [0, 0.1) is 5.92 Å². The van der Waals surface area contributed by atoms with Crippen LogP contribution in [0.2, 0.25) is 0 Å². The zero-order valence-corrected chi connectivity index (χ0v) is 13.1. The van der Waals surface area contributed by atoms with Gasteiger partial charge in [-0.25, -0.2) is 8.42 Å². The first-order chi connectivity index (χ1) is 9.36. The number of methoxy groups -OCH3 is 1. The Balaban J connectivity index is 2.27. The molecule has 0 bridgehead atoms. The van der Waals surface area contributed by atoms with Crippen molar-refractivity contribution in [2.45, 2.75) is 11.3 Å². The van der Waals surface area contributed by atoms with Gasteiger partial charge in [-0.15, -0.1) is 0 Å². The lowest BCUT2D eigenvalue weighted by Crippen LogP contribution is -2.30. The Labute approximate surface area is 125 Å². The molecule has 0 saturated carbocycles. The van der Waals surface area contributed by atoms with Crippen LogP contribution in [0.3, 0.4) is 0 Å². The molecule has 1 saturated heterocycles. The average Bonchev–Trinajstić information content (AvgIpc) is 2.89. The molecule has 0 spiro atoms. The monoisotopic (exact) mass is 363 g/mol. The summed E-state index contributed by atoms with van der Waals surface area (Å²) in [7, 11) is -2.18. The van der Waals surface area contributed by atoms with Crippen LogP contribution in [0.25, 0.3) is 0 Å². The van der Waals surface area contributed by atoms with Gasteiger partial charge in [-0.3, -0.25) is 4.79 Å². The van der Waals surface area contributed by atoms with E-state index in [1.54, 1.807) is 6.07 Å². The number of ether oxygens (including phenoxy) is 1. The molecule has 1 fully saturated rings. The Bertz CT molecular complexity index is 631. The molecule has 0 radical (unpaired) electrons. The van der Waals surface area contributed by atoms with Crippen LogP contribution in [0.4, 0.5) is 0 Å². The molecular formula is C12H14BrNO5S. The molecule has 0 aromatic heterocycles. The number of rotatable bonds is 4. The Kier molecular flexibility index (Phi) is 4.36. The molecule has 20 heavy (non-hydrogen) atoms. The van der Waals surface area contributed by atoms with Crippen LogP contribution in [0.1, 0.15) is 6.42 Å². The first kappa shape index (κ1) is 15.3. The van der Waals surface area contributed by atoms with Crippen LogP contribution >= 0.6 is 15.9 Å². The second-order valence-electron chi connectivity index (χ2n) is 4.48. The fourth-order valence-corrected chi connectivity index (χ4v) is 4.32. The summed E-state index contributed by atoms with van der Waals surface area (Å²) in [5.41, 5.74) is 0. The highest BCUT2D eigenvalue weighted by Crippen LogP contribution is 2.30. The molecule has 1 heterocycles. The Morgan fingerprint density at radius 1 is 1.50 bits per heavy atom. The summed E-state index contributed by atoms with van der Waals surface area (Å²) < 4.78 is 31.7. The van der Waals surface area contributed by atoms with Crippen molar-refractivity contribution < 1.29 is 23.1 Å². The number of carboxylic acid groups (broad SMARTS) is 1. The maximum Gasteiger partial charge on any atom is 0.307 e. The van der Waals surface area contributed by atoms with Crippen molar-refractivity contribution in [1.29, 1.82) is 0 Å². The summed E-state index contributed by atoms with van der Waals surface area (Å²) in [6.07, 6.45) is 0.339. The van der Waals surface area contributed by atoms with Crippen LogP contribution in [0.15, 0.2) is 27.6 Å². The molecule has 1 aliphatic rings. The van der Waals surface area contributed by atoms with Crippen molar-refractivity contribution in [3.8, 4) is 5.75 Å². The summed E-state index contributed by atoms with van der Waals surface area (Å²) in [5, 5.41) is 8.93. The quantitative estimate of drug-likeness (QED) is 0.877. The number of benzene rings is 1. The van der Waals surface area contributed by atoms with E-state index in [-0.39, 0.29) is 18.0 Å². The zero-order chi connectivity index (χ0) is 14.9. The second kappa shape index (κ2) is 5.71.